The van der Waals surface area contributed by atoms with Crippen LogP contribution >= 0.6 is 0 Å². The van der Waals surface area contributed by atoms with Crippen LogP contribution in [-0.4, -0.2) is 41.2 Å². The van der Waals surface area contributed by atoms with Gasteiger partial charge in [0.1, 0.15) is 5.41 Å². The number of carbonyl (C=O) groups excluding carboxylic acids is 1. The summed E-state index contributed by atoms with van der Waals surface area (Å²) in [6.45, 7) is 11.9. The molecule has 2 aliphatic carbocycles. The van der Waals surface area contributed by atoms with Crippen LogP contribution in [0.15, 0.2) is 30.3 Å². The third-order valence-electron chi connectivity index (χ3n) is 8.59. The fourth-order valence-corrected chi connectivity index (χ4v) is 6.92. The topological polar surface area (TPSA) is 68.6 Å². The summed E-state index contributed by atoms with van der Waals surface area (Å²) in [7, 11) is 1.15. The highest BCUT2D eigenvalue weighted by Gasteiger charge is 2.68. The lowest BCUT2D eigenvalue weighted by atomic mass is 9.58. The number of hydrogen-bond acceptors (Lipinski definition) is 5. The number of esters is 1. The van der Waals surface area contributed by atoms with Crippen LogP contribution in [0.3, 0.4) is 0 Å². The zero-order valence-electron chi connectivity index (χ0n) is 20.7. The predicted molar refractivity (Wildman–Crippen MR) is 128 cm³/mol. The molecule has 0 bridgehead atoms. The molecule has 2 aliphatic rings. The van der Waals surface area contributed by atoms with Crippen molar-refractivity contribution in [3.8, 4) is 6.07 Å². The third kappa shape index (κ3) is 4.04. The zero-order chi connectivity index (χ0) is 23.7. The van der Waals surface area contributed by atoms with Crippen molar-refractivity contribution in [2.24, 2.45) is 23.2 Å². The number of benzene rings is 1. The van der Waals surface area contributed by atoms with Crippen molar-refractivity contribution in [3.63, 3.8) is 0 Å². The molecule has 1 unspecified atom stereocenters. The van der Waals surface area contributed by atoms with Gasteiger partial charge in [-0.2, -0.15) is 5.26 Å². The van der Waals surface area contributed by atoms with Gasteiger partial charge in [-0.1, -0.05) is 51.1 Å². The zero-order valence-corrected chi connectivity index (χ0v) is 21.7. The smallest absolute Gasteiger partial charge is 0.316 e. The van der Waals surface area contributed by atoms with Crippen LogP contribution in [0.2, 0.25) is 18.1 Å². The lowest BCUT2D eigenvalue weighted by Crippen LogP contribution is -2.57. The molecule has 0 aliphatic heterocycles. The minimum absolute atomic E-state index is 0.0201. The number of rotatable bonds is 6. The summed E-state index contributed by atoms with van der Waals surface area (Å²) in [4.78, 5) is 13.5. The number of fused-ring (bicyclic) bond motifs is 1. The van der Waals surface area contributed by atoms with E-state index in [1.54, 1.807) is 7.11 Å². The van der Waals surface area contributed by atoms with Crippen LogP contribution in [0.4, 0.5) is 0 Å². The highest BCUT2D eigenvalue weighted by Crippen LogP contribution is 2.63. The Morgan fingerprint density at radius 1 is 1.19 bits per heavy atom. The van der Waals surface area contributed by atoms with E-state index >= 15 is 0 Å². The Morgan fingerprint density at radius 3 is 2.38 bits per heavy atom. The van der Waals surface area contributed by atoms with Gasteiger partial charge in [0.05, 0.1) is 25.2 Å². The summed E-state index contributed by atoms with van der Waals surface area (Å²) in [5.41, 5.74) is 0.133. The second-order valence-electron chi connectivity index (χ2n) is 11.0. The Bertz CT molecular complexity index is 844. The van der Waals surface area contributed by atoms with Crippen molar-refractivity contribution in [1.82, 2.24) is 0 Å². The lowest BCUT2D eigenvalue weighted by molar-refractivity contribution is -0.180. The van der Waals surface area contributed by atoms with Crippen molar-refractivity contribution >= 4 is 14.3 Å². The molecule has 1 aromatic rings. The van der Waals surface area contributed by atoms with Gasteiger partial charge in [0.15, 0.2) is 8.32 Å². The summed E-state index contributed by atoms with van der Waals surface area (Å²) >= 11 is 0. The maximum atomic E-state index is 13.5. The summed E-state index contributed by atoms with van der Waals surface area (Å²) < 4.78 is 17.9. The number of methoxy groups -OCH3 is 2. The Kier molecular flexibility index (Phi) is 7.24. The Hall–Kier alpha value is -1.68. The molecule has 0 amide bonds. The molecular weight excluding hydrogens is 418 g/mol. The van der Waals surface area contributed by atoms with Crippen molar-refractivity contribution in [1.29, 1.82) is 5.26 Å². The maximum absolute atomic E-state index is 13.5. The molecule has 0 heterocycles. The first-order valence-corrected chi connectivity index (χ1v) is 14.6. The number of nitrogens with zero attached hydrogens (tertiary/aromatic N) is 1. The minimum atomic E-state index is -1.94. The molecule has 0 saturated heterocycles. The fraction of sp³-hybridized carbons (Fsp3) is 0.692. The van der Waals surface area contributed by atoms with E-state index < -0.39 is 19.7 Å². The molecule has 0 N–H and O–H groups in total. The first-order chi connectivity index (χ1) is 15.0. The maximum Gasteiger partial charge on any atom is 0.316 e. The number of nitriles is 1. The van der Waals surface area contributed by atoms with Crippen molar-refractivity contribution < 1.29 is 18.7 Å². The molecule has 2 fully saturated rings. The molecule has 32 heavy (non-hydrogen) atoms. The molecule has 176 valence electrons. The Labute approximate surface area is 194 Å². The van der Waals surface area contributed by atoms with E-state index in [0.29, 0.717) is 6.61 Å². The first kappa shape index (κ1) is 24.9. The molecule has 3 rings (SSSR count). The average molecular weight is 458 g/mol. The van der Waals surface area contributed by atoms with Crippen LogP contribution in [0, 0.1) is 34.5 Å². The van der Waals surface area contributed by atoms with E-state index in [9.17, 15) is 10.1 Å². The summed E-state index contributed by atoms with van der Waals surface area (Å²) in [5.74, 6) is -0.664. The molecule has 6 heteroatoms. The quantitative estimate of drug-likeness (QED) is 0.415. The third-order valence-corrected chi connectivity index (χ3v) is 13.1. The molecule has 0 spiro atoms. The molecule has 6 atom stereocenters. The number of hydrogen-bond donors (Lipinski definition) is 0. The van der Waals surface area contributed by atoms with Gasteiger partial charge in [0.2, 0.25) is 0 Å². The fourth-order valence-electron chi connectivity index (χ4n) is 5.85. The number of carbonyl (C=O) groups is 1. The van der Waals surface area contributed by atoms with Gasteiger partial charge in [-0.3, -0.25) is 4.79 Å². The van der Waals surface area contributed by atoms with Crippen LogP contribution in [0.1, 0.15) is 51.5 Å². The highest BCUT2D eigenvalue weighted by atomic mass is 28.4. The van der Waals surface area contributed by atoms with E-state index in [1.165, 1.54) is 7.11 Å². The summed E-state index contributed by atoms with van der Waals surface area (Å²) in [5, 5.41) is 10.5. The second kappa shape index (κ2) is 9.28. The van der Waals surface area contributed by atoms with Crippen LogP contribution in [0.5, 0.6) is 0 Å². The van der Waals surface area contributed by atoms with E-state index in [0.717, 1.165) is 24.8 Å². The second-order valence-corrected chi connectivity index (χ2v) is 15.8. The lowest BCUT2D eigenvalue weighted by Gasteiger charge is -2.48. The van der Waals surface area contributed by atoms with Gasteiger partial charge in [-0.05, 0) is 54.8 Å². The molecular formula is C26H39NO4Si. The molecule has 0 radical (unpaired) electrons. The largest absolute Gasteiger partial charge is 0.468 e. The minimum Gasteiger partial charge on any atom is -0.468 e. The van der Waals surface area contributed by atoms with E-state index in [-0.39, 0.29) is 34.9 Å². The Balaban J connectivity index is 2.04. The summed E-state index contributed by atoms with van der Waals surface area (Å²) in [6, 6.07) is 12.7. The predicted octanol–water partition coefficient (Wildman–Crippen LogP) is 5.54. The van der Waals surface area contributed by atoms with Crippen molar-refractivity contribution in [2.45, 2.75) is 70.2 Å². The van der Waals surface area contributed by atoms with Crippen molar-refractivity contribution in [3.05, 3.63) is 35.9 Å². The molecule has 1 aromatic carbocycles. The van der Waals surface area contributed by atoms with E-state index in [2.05, 4.69) is 52.1 Å². The Morgan fingerprint density at radius 2 is 1.84 bits per heavy atom. The van der Waals surface area contributed by atoms with Gasteiger partial charge < -0.3 is 13.9 Å². The van der Waals surface area contributed by atoms with E-state index in [4.69, 9.17) is 13.9 Å². The van der Waals surface area contributed by atoms with Crippen LogP contribution < -0.4 is 0 Å². The first-order valence-electron chi connectivity index (χ1n) is 11.7. The van der Waals surface area contributed by atoms with Crippen LogP contribution in [0.25, 0.3) is 0 Å². The molecule has 2 saturated carbocycles. The van der Waals surface area contributed by atoms with Gasteiger partial charge in [-0.15, -0.1) is 0 Å². The van der Waals surface area contributed by atoms with Crippen LogP contribution in [-0.2, 0) is 18.7 Å². The number of ether oxygens (including phenoxy) is 2. The van der Waals surface area contributed by atoms with Gasteiger partial charge in [-0.25, -0.2) is 0 Å². The highest BCUT2D eigenvalue weighted by molar-refractivity contribution is 6.74. The normalized spacial score (nSPS) is 32.8. The molecule has 5 nitrogen and oxygen atoms in total. The standard InChI is InChI=1S/C26H39NO4Si/c1-25(2,3)32(6,7)31-17-19-13-14-23(29-4)26(24(28)30-5)21(19)15-20(22(26)16-27)18-11-9-8-10-12-18/h8-12,19-23H,13-15,17H2,1-7H3/t19-,20+,21+,22?,23-,26+/m0/s1. The van der Waals surface area contributed by atoms with Gasteiger partial charge in [0, 0.05) is 19.6 Å². The molecule has 0 aromatic heterocycles. The van der Waals surface area contributed by atoms with Gasteiger partial charge in [0.25, 0.3) is 0 Å². The monoisotopic (exact) mass is 457 g/mol. The SMILES string of the molecule is COC(=O)[C@@]12C(C#N)[C@@H](c3ccccc3)C[C@@H]1[C@H](CO[Si](C)(C)C(C)(C)C)CC[C@@H]2OC. The van der Waals surface area contributed by atoms with Gasteiger partial charge >= 0.3 is 5.97 Å². The van der Waals surface area contributed by atoms with Crippen molar-refractivity contribution in [2.75, 3.05) is 20.8 Å². The summed E-state index contributed by atoms with van der Waals surface area (Å²) in [6.07, 6.45) is 2.09. The van der Waals surface area contributed by atoms with E-state index in [1.807, 2.05) is 18.2 Å². The average Bonchev–Trinajstić information content (AvgIpc) is 3.13.